The molecule has 0 aliphatic rings. The van der Waals surface area contributed by atoms with Crippen molar-refractivity contribution in [3.63, 3.8) is 0 Å². The molecule has 0 nitrogen and oxygen atoms in total. The molecule has 0 aromatic carbocycles. The highest BCUT2D eigenvalue weighted by molar-refractivity contribution is 7.75. The van der Waals surface area contributed by atoms with Crippen molar-refractivity contribution >= 4 is 7.26 Å². The van der Waals surface area contributed by atoms with E-state index in [0.29, 0.717) is 0 Å². The summed E-state index contributed by atoms with van der Waals surface area (Å²) in [4.78, 5) is 0. The second-order valence-electron chi connectivity index (χ2n) is 13.4. The predicted octanol–water partition coefficient (Wildman–Crippen LogP) is 11.8. The lowest BCUT2D eigenvalue weighted by Crippen LogP contribution is -3.00. The first kappa shape index (κ1) is 43.3. The Labute approximate surface area is 274 Å². The summed E-state index contributed by atoms with van der Waals surface area (Å²) in [7, 11) is -0.665. The maximum absolute atomic E-state index is 2.46. The monoisotopic (exact) mass is 695 g/mol. The molecule has 0 unspecified atom stereocenters. The number of rotatable bonds is 34. The third-order valence-corrected chi connectivity index (χ3v) is 14.7. The Balaban J connectivity index is 0. The van der Waals surface area contributed by atoms with E-state index in [1.807, 2.05) is 0 Å². The molecular formula is C38H80IP. The van der Waals surface area contributed by atoms with Crippen LogP contribution in [-0.2, 0) is 0 Å². The molecule has 0 aliphatic heterocycles. The van der Waals surface area contributed by atoms with Crippen LogP contribution < -0.4 is 24.0 Å². The third kappa shape index (κ3) is 30.6. The van der Waals surface area contributed by atoms with Crippen LogP contribution in [-0.4, -0.2) is 24.6 Å². The zero-order valence-electron chi connectivity index (χ0n) is 28.9. The van der Waals surface area contributed by atoms with Crippen LogP contribution >= 0.6 is 7.26 Å². The smallest absolute Gasteiger partial charge is 0.0594 e. The Kier molecular flexibility index (Phi) is 39.3. The van der Waals surface area contributed by atoms with Crippen molar-refractivity contribution in [3.05, 3.63) is 0 Å². The molecule has 0 radical (unpaired) electrons. The van der Waals surface area contributed by atoms with E-state index >= 15 is 0 Å². The molecule has 0 bridgehead atoms. The predicted molar refractivity (Wildman–Crippen MR) is 188 cm³/mol. The molecule has 0 saturated carbocycles. The fourth-order valence-corrected chi connectivity index (χ4v) is 11.9. The van der Waals surface area contributed by atoms with E-state index < -0.39 is 7.26 Å². The van der Waals surface area contributed by atoms with Gasteiger partial charge in [-0.25, -0.2) is 0 Å². The summed E-state index contributed by atoms with van der Waals surface area (Å²) in [6.45, 7) is 9.55. The fraction of sp³-hybridized carbons (Fsp3) is 1.00. The standard InChI is InChI=1S/C38H80P.HI/c1-5-9-11-13-15-17-19-21-23-25-27-29-31-33-37-39(35-7-3,36-8-4)38-34-32-30-28-26-24-22-20-18-16-14-12-10-6-2;/h5-38H2,1-4H3;1H/q+1;/p-1. The van der Waals surface area contributed by atoms with Gasteiger partial charge in [0.1, 0.15) is 0 Å². The van der Waals surface area contributed by atoms with Crippen molar-refractivity contribution in [1.82, 2.24) is 0 Å². The molecule has 0 heterocycles. The molecule has 0 amide bonds. The molecule has 0 fully saturated rings. The second kappa shape index (κ2) is 36.4. The highest BCUT2D eigenvalue weighted by atomic mass is 127. The van der Waals surface area contributed by atoms with Gasteiger partial charge in [0.2, 0.25) is 0 Å². The number of hydrogen-bond donors (Lipinski definition) is 0. The minimum Gasteiger partial charge on any atom is -1.00 e. The first-order chi connectivity index (χ1) is 19.2. The Morgan fingerprint density at radius 2 is 0.425 bits per heavy atom. The second-order valence-corrected chi connectivity index (χ2v) is 17.9. The van der Waals surface area contributed by atoms with E-state index in [-0.39, 0.29) is 24.0 Å². The SMILES string of the molecule is CCCCCCCCCCCCCCCC[P+](CCC)(CCC)CCCCCCCCCCCCCCCC.[I-]. The van der Waals surface area contributed by atoms with E-state index in [1.165, 1.54) is 180 Å². The van der Waals surface area contributed by atoms with E-state index in [4.69, 9.17) is 0 Å². The topological polar surface area (TPSA) is 0 Å². The lowest BCUT2D eigenvalue weighted by Gasteiger charge is -2.27. The lowest BCUT2D eigenvalue weighted by atomic mass is 10.0. The number of hydrogen-bond acceptors (Lipinski definition) is 0. The molecular weight excluding hydrogens is 614 g/mol. The molecule has 0 aliphatic carbocycles. The van der Waals surface area contributed by atoms with Gasteiger partial charge in [-0.1, -0.05) is 182 Å². The first-order valence-corrected chi connectivity index (χ1v) is 21.6. The quantitative estimate of drug-likeness (QED) is 0.0357. The van der Waals surface area contributed by atoms with Crippen molar-refractivity contribution < 1.29 is 24.0 Å². The van der Waals surface area contributed by atoms with Crippen molar-refractivity contribution in [3.8, 4) is 0 Å². The van der Waals surface area contributed by atoms with E-state index in [0.717, 1.165) is 0 Å². The van der Waals surface area contributed by atoms with Gasteiger partial charge in [-0.2, -0.15) is 0 Å². The zero-order valence-corrected chi connectivity index (χ0v) is 31.9. The summed E-state index contributed by atoms with van der Waals surface area (Å²) in [6.07, 6.45) is 50.9. The lowest BCUT2D eigenvalue weighted by molar-refractivity contribution is -0.00000888. The third-order valence-electron chi connectivity index (χ3n) is 9.37. The van der Waals surface area contributed by atoms with Crippen LogP contribution in [0.5, 0.6) is 0 Å². The van der Waals surface area contributed by atoms with Gasteiger partial charge in [0.25, 0.3) is 0 Å². The summed E-state index contributed by atoms with van der Waals surface area (Å²) in [5.41, 5.74) is 0. The van der Waals surface area contributed by atoms with Crippen molar-refractivity contribution in [1.29, 1.82) is 0 Å². The van der Waals surface area contributed by atoms with Gasteiger partial charge < -0.3 is 24.0 Å². The average molecular weight is 695 g/mol. The molecule has 244 valence electrons. The van der Waals surface area contributed by atoms with Crippen LogP contribution in [0.4, 0.5) is 0 Å². The van der Waals surface area contributed by atoms with Gasteiger partial charge in [0.05, 0.1) is 24.6 Å². The Bertz CT molecular complexity index is 397. The van der Waals surface area contributed by atoms with Gasteiger partial charge in [-0.3, -0.25) is 0 Å². The molecule has 0 saturated heterocycles. The van der Waals surface area contributed by atoms with Crippen molar-refractivity contribution in [2.24, 2.45) is 0 Å². The number of halogens is 1. The summed E-state index contributed by atoms with van der Waals surface area (Å²) in [5, 5.41) is 0. The molecule has 0 rings (SSSR count). The molecule has 40 heavy (non-hydrogen) atoms. The van der Waals surface area contributed by atoms with E-state index in [2.05, 4.69) is 27.7 Å². The maximum Gasteiger partial charge on any atom is 0.0594 e. The van der Waals surface area contributed by atoms with Crippen LogP contribution in [0.2, 0.25) is 0 Å². The minimum atomic E-state index is -0.665. The van der Waals surface area contributed by atoms with E-state index in [9.17, 15) is 0 Å². The van der Waals surface area contributed by atoms with Gasteiger partial charge in [0, 0.05) is 7.26 Å². The normalized spacial score (nSPS) is 11.7. The molecule has 0 aromatic rings. The van der Waals surface area contributed by atoms with Crippen molar-refractivity contribution in [2.75, 3.05) is 24.6 Å². The van der Waals surface area contributed by atoms with Gasteiger partial charge in [-0.05, 0) is 38.5 Å². The van der Waals surface area contributed by atoms with Gasteiger partial charge in [0.15, 0.2) is 0 Å². The Morgan fingerprint density at radius 3 is 0.625 bits per heavy atom. The molecule has 2 heteroatoms. The van der Waals surface area contributed by atoms with Gasteiger partial charge in [-0.15, -0.1) is 0 Å². The highest BCUT2D eigenvalue weighted by Crippen LogP contribution is 2.61. The van der Waals surface area contributed by atoms with Crippen LogP contribution in [0.15, 0.2) is 0 Å². The number of unbranched alkanes of at least 4 members (excludes halogenated alkanes) is 26. The maximum atomic E-state index is 2.46. The summed E-state index contributed by atoms with van der Waals surface area (Å²) in [5.74, 6) is 0. The van der Waals surface area contributed by atoms with Gasteiger partial charge >= 0.3 is 0 Å². The van der Waals surface area contributed by atoms with Crippen LogP contribution in [0.25, 0.3) is 0 Å². The van der Waals surface area contributed by atoms with E-state index in [1.54, 1.807) is 37.5 Å². The van der Waals surface area contributed by atoms with Crippen LogP contribution in [0, 0.1) is 0 Å². The molecule has 0 spiro atoms. The zero-order chi connectivity index (χ0) is 28.5. The van der Waals surface area contributed by atoms with Crippen LogP contribution in [0.1, 0.15) is 220 Å². The fourth-order valence-electron chi connectivity index (χ4n) is 6.90. The Morgan fingerprint density at radius 1 is 0.225 bits per heavy atom. The Hall–Kier alpha value is 1.16. The van der Waals surface area contributed by atoms with Crippen LogP contribution in [0.3, 0.4) is 0 Å². The van der Waals surface area contributed by atoms with Crippen molar-refractivity contribution in [2.45, 2.75) is 220 Å². The molecule has 0 aromatic heterocycles. The molecule has 0 atom stereocenters. The highest BCUT2D eigenvalue weighted by Gasteiger charge is 2.33. The first-order valence-electron chi connectivity index (χ1n) is 19.1. The average Bonchev–Trinajstić information content (AvgIpc) is 2.93. The minimum absolute atomic E-state index is 0. The summed E-state index contributed by atoms with van der Waals surface area (Å²) < 4.78 is 0. The largest absolute Gasteiger partial charge is 1.00 e. The molecule has 0 N–H and O–H groups in total. The summed E-state index contributed by atoms with van der Waals surface area (Å²) >= 11 is 0. The summed E-state index contributed by atoms with van der Waals surface area (Å²) in [6, 6.07) is 0.